The summed E-state index contributed by atoms with van der Waals surface area (Å²) in [6, 6.07) is 17.3. The zero-order chi connectivity index (χ0) is 16.6. The lowest BCUT2D eigenvalue weighted by atomic mass is 10.0. The smallest absolute Gasteiger partial charge is 0.0622 e. The van der Waals surface area contributed by atoms with Gasteiger partial charge in [-0.3, -0.25) is 0 Å². The highest BCUT2D eigenvalue weighted by Gasteiger charge is 1.99. The van der Waals surface area contributed by atoms with Gasteiger partial charge in [-0.2, -0.15) is 0 Å². The molecule has 19 heavy (non-hydrogen) atoms. The van der Waals surface area contributed by atoms with E-state index in [2.05, 4.69) is 15.9 Å². The number of hydrogen-bond acceptors (Lipinski definition) is 0. The molecule has 3 aromatic rings. The fraction of sp³-hybridized carbons (Fsp3) is 0. The first-order chi connectivity index (χ1) is 11.0. The third-order valence-electron chi connectivity index (χ3n) is 2.88. The van der Waals surface area contributed by atoms with Crippen LogP contribution in [0.15, 0.2) is 83.2 Å². The summed E-state index contributed by atoms with van der Waals surface area (Å²) in [5.41, 5.74) is 3.13. The Morgan fingerprint density at radius 1 is 0.579 bits per heavy atom. The Labute approximate surface area is 127 Å². The van der Waals surface area contributed by atoms with Crippen LogP contribution in [0.1, 0.15) is 5.48 Å². The highest BCUT2D eigenvalue weighted by Crippen LogP contribution is 2.25. The normalized spacial score (nSPS) is 13.3. The highest BCUT2D eigenvalue weighted by atomic mass is 79.9. The van der Waals surface area contributed by atoms with Gasteiger partial charge in [-0.05, 0) is 34.3 Å². The number of hydrogen-bond donors (Lipinski definition) is 0. The Balaban J connectivity index is 2.11. The average Bonchev–Trinajstić information content (AvgIpc) is 2.60. The van der Waals surface area contributed by atoms with Gasteiger partial charge in [-0.15, -0.1) is 0 Å². The SMILES string of the molecule is [2H]c1c([2H])c(-c2ccc(-c3ccccc3)cc2)c([2H])c([2H])c1Br. The topological polar surface area (TPSA) is 0 Å². The van der Waals surface area contributed by atoms with Crippen molar-refractivity contribution in [2.24, 2.45) is 0 Å². The summed E-state index contributed by atoms with van der Waals surface area (Å²) in [6.45, 7) is 0. The van der Waals surface area contributed by atoms with E-state index in [9.17, 15) is 0 Å². The Hall–Kier alpha value is -1.86. The fourth-order valence-corrected chi connectivity index (χ4v) is 2.10. The van der Waals surface area contributed by atoms with E-state index in [0.717, 1.165) is 11.1 Å². The number of rotatable bonds is 2. The van der Waals surface area contributed by atoms with Gasteiger partial charge >= 0.3 is 0 Å². The molecule has 0 amide bonds. The van der Waals surface area contributed by atoms with E-state index in [1.807, 2.05) is 54.6 Å². The van der Waals surface area contributed by atoms with Crippen LogP contribution in [0.5, 0.6) is 0 Å². The van der Waals surface area contributed by atoms with E-state index >= 15 is 0 Å². The van der Waals surface area contributed by atoms with E-state index in [4.69, 9.17) is 5.48 Å². The molecule has 0 fully saturated rings. The van der Waals surface area contributed by atoms with Gasteiger partial charge in [-0.25, -0.2) is 0 Å². The van der Waals surface area contributed by atoms with Crippen LogP contribution in [0.25, 0.3) is 22.3 Å². The van der Waals surface area contributed by atoms with Crippen molar-refractivity contribution in [1.82, 2.24) is 0 Å². The van der Waals surface area contributed by atoms with E-state index in [1.54, 1.807) is 0 Å². The Kier molecular flexibility index (Phi) is 2.38. The van der Waals surface area contributed by atoms with Crippen molar-refractivity contribution in [2.75, 3.05) is 0 Å². The maximum absolute atomic E-state index is 8.11. The summed E-state index contributed by atoms with van der Waals surface area (Å²) in [7, 11) is 0. The third-order valence-corrected chi connectivity index (χ3v) is 3.27. The molecule has 92 valence electrons. The summed E-state index contributed by atoms with van der Waals surface area (Å²) in [5.74, 6) is 0. The van der Waals surface area contributed by atoms with Crippen molar-refractivity contribution in [1.29, 1.82) is 0 Å². The molecule has 1 heteroatoms. The molecular formula is C18H13Br. The van der Waals surface area contributed by atoms with Crippen LogP contribution >= 0.6 is 15.9 Å². The lowest BCUT2D eigenvalue weighted by Crippen LogP contribution is -1.80. The first-order valence-electron chi connectivity index (χ1n) is 7.92. The maximum atomic E-state index is 8.11. The zero-order valence-corrected chi connectivity index (χ0v) is 11.7. The summed E-state index contributed by atoms with van der Waals surface area (Å²) in [4.78, 5) is 0. The molecule has 0 atom stereocenters. The number of benzene rings is 3. The van der Waals surface area contributed by atoms with Crippen LogP contribution in [-0.4, -0.2) is 0 Å². The Morgan fingerprint density at radius 3 is 1.63 bits per heavy atom. The highest BCUT2D eigenvalue weighted by molar-refractivity contribution is 9.10. The average molecular weight is 313 g/mol. The molecule has 0 nitrogen and oxygen atoms in total. The van der Waals surface area contributed by atoms with Crippen LogP contribution < -0.4 is 0 Å². The quantitative estimate of drug-likeness (QED) is 0.562. The van der Waals surface area contributed by atoms with Crippen molar-refractivity contribution in [3.63, 3.8) is 0 Å². The molecule has 0 saturated carbocycles. The largest absolute Gasteiger partial charge is 0.0635 e. The minimum atomic E-state index is -0.0619. The molecule has 0 unspecified atom stereocenters. The van der Waals surface area contributed by atoms with Gasteiger partial charge in [0.15, 0.2) is 0 Å². The molecule has 0 N–H and O–H groups in total. The second-order valence-electron chi connectivity index (χ2n) is 4.13. The van der Waals surface area contributed by atoms with E-state index in [-0.39, 0.29) is 28.6 Å². The molecule has 3 aromatic carbocycles. The molecule has 0 bridgehead atoms. The monoisotopic (exact) mass is 312 g/mol. The molecule has 0 aromatic heterocycles. The van der Waals surface area contributed by atoms with Crippen molar-refractivity contribution in [3.8, 4) is 22.3 Å². The minimum Gasteiger partial charge on any atom is -0.0622 e. The molecule has 0 aliphatic carbocycles. The van der Waals surface area contributed by atoms with Crippen LogP contribution in [-0.2, 0) is 0 Å². The molecule has 0 aliphatic heterocycles. The lowest BCUT2D eigenvalue weighted by molar-refractivity contribution is 1.58. The van der Waals surface area contributed by atoms with Gasteiger partial charge in [0.1, 0.15) is 0 Å². The number of halogens is 1. The first kappa shape index (κ1) is 8.34. The van der Waals surface area contributed by atoms with Crippen LogP contribution in [0.3, 0.4) is 0 Å². The van der Waals surface area contributed by atoms with Gasteiger partial charge < -0.3 is 0 Å². The van der Waals surface area contributed by atoms with Gasteiger partial charge in [-0.1, -0.05) is 82.6 Å². The third kappa shape index (κ3) is 2.77. The fourth-order valence-electron chi connectivity index (χ4n) is 1.90. The summed E-state index contributed by atoms with van der Waals surface area (Å²) in [5, 5.41) is 0. The second-order valence-corrected chi connectivity index (χ2v) is 4.93. The van der Waals surface area contributed by atoms with Crippen molar-refractivity contribution in [2.45, 2.75) is 0 Å². The van der Waals surface area contributed by atoms with Gasteiger partial charge in [0.25, 0.3) is 0 Å². The van der Waals surface area contributed by atoms with Crippen LogP contribution in [0.2, 0.25) is 0 Å². The molecule has 3 rings (SSSR count). The van der Waals surface area contributed by atoms with E-state index in [0.29, 0.717) is 11.1 Å². The van der Waals surface area contributed by atoms with Gasteiger partial charge in [0, 0.05) is 4.47 Å². The van der Waals surface area contributed by atoms with Crippen LogP contribution in [0, 0.1) is 0 Å². The first-order valence-corrected chi connectivity index (χ1v) is 6.71. The van der Waals surface area contributed by atoms with E-state index < -0.39 is 0 Å². The van der Waals surface area contributed by atoms with Gasteiger partial charge in [0.05, 0.1) is 5.48 Å². The summed E-state index contributed by atoms with van der Waals surface area (Å²) >= 11 is 3.11. The predicted molar refractivity (Wildman–Crippen MR) is 85.0 cm³/mol. The molecular weight excluding hydrogens is 296 g/mol. The molecule has 0 radical (unpaired) electrons. The van der Waals surface area contributed by atoms with E-state index in [1.165, 1.54) is 0 Å². The molecule has 0 spiro atoms. The second kappa shape index (κ2) is 5.41. The minimum absolute atomic E-state index is 0.0367. The standard InChI is InChI=1S/C18H13Br/c19-18-12-10-17(11-13-18)16-8-6-15(7-9-16)14-4-2-1-3-5-14/h1-13H/i10D,11D,12D,13D. The lowest BCUT2D eigenvalue weighted by Gasteiger charge is -2.05. The van der Waals surface area contributed by atoms with Crippen molar-refractivity contribution >= 4 is 15.9 Å². The van der Waals surface area contributed by atoms with Crippen molar-refractivity contribution in [3.05, 3.63) is 83.2 Å². The van der Waals surface area contributed by atoms with Crippen molar-refractivity contribution < 1.29 is 5.48 Å². The Morgan fingerprint density at radius 2 is 1.05 bits per heavy atom. The molecule has 0 aliphatic rings. The van der Waals surface area contributed by atoms with Gasteiger partial charge in [0.2, 0.25) is 0 Å². The predicted octanol–water partition coefficient (Wildman–Crippen LogP) is 5.78. The molecule has 0 saturated heterocycles. The maximum Gasteiger partial charge on any atom is 0.0635 e. The van der Waals surface area contributed by atoms with Crippen LogP contribution in [0.4, 0.5) is 0 Å². The summed E-state index contributed by atoms with van der Waals surface area (Å²) < 4.78 is 32.2. The summed E-state index contributed by atoms with van der Waals surface area (Å²) in [6.07, 6.45) is 0. The Bertz CT molecular complexity index is 829. The zero-order valence-electron chi connectivity index (χ0n) is 14.1. The molecule has 0 heterocycles.